The van der Waals surface area contributed by atoms with E-state index >= 15 is 0 Å². The number of nitrogens with zero attached hydrogens (tertiary/aromatic N) is 1. The van der Waals surface area contributed by atoms with Crippen LogP contribution in [0.5, 0.6) is 0 Å². The summed E-state index contributed by atoms with van der Waals surface area (Å²) in [6.45, 7) is 16.4. The van der Waals surface area contributed by atoms with Gasteiger partial charge in [-0.3, -0.25) is 0 Å². The third-order valence-corrected chi connectivity index (χ3v) is 5.22. The highest BCUT2D eigenvalue weighted by Gasteiger charge is 2.23. The first-order chi connectivity index (χ1) is 7.85. The van der Waals surface area contributed by atoms with Gasteiger partial charge in [0.05, 0.1) is 0 Å². The fraction of sp³-hybridized carbons (Fsp3) is 1.00. The normalized spacial score (nSPS) is 22.4. The summed E-state index contributed by atoms with van der Waals surface area (Å²) in [6, 6.07) is 0. The molecule has 102 valence electrons. The molecule has 3 heteroatoms. The minimum absolute atomic E-state index is 0.292. The number of nitrogens with one attached hydrogen (secondary N) is 1. The Morgan fingerprint density at radius 3 is 2.65 bits per heavy atom. The zero-order chi connectivity index (χ0) is 12.9. The lowest BCUT2D eigenvalue weighted by atomic mass is 10.0. The molecule has 0 aliphatic carbocycles. The summed E-state index contributed by atoms with van der Waals surface area (Å²) in [5, 5.41) is 3.65. The number of rotatable bonds is 5. The van der Waals surface area contributed by atoms with Crippen LogP contribution in [0.15, 0.2) is 0 Å². The van der Waals surface area contributed by atoms with Gasteiger partial charge in [0.25, 0.3) is 0 Å². The molecule has 0 amide bonds. The van der Waals surface area contributed by atoms with E-state index in [0.717, 1.165) is 6.54 Å². The molecular weight excluding hydrogens is 228 g/mol. The number of thioether (sulfide) groups is 1. The highest BCUT2D eigenvalue weighted by molar-refractivity contribution is 8.00. The van der Waals surface area contributed by atoms with Gasteiger partial charge < -0.3 is 10.2 Å². The Bertz CT molecular complexity index is 226. The molecule has 0 atom stereocenters. The van der Waals surface area contributed by atoms with Crippen molar-refractivity contribution in [1.82, 2.24) is 10.2 Å². The van der Waals surface area contributed by atoms with Gasteiger partial charge in [-0.05, 0) is 33.2 Å². The summed E-state index contributed by atoms with van der Waals surface area (Å²) in [5.74, 6) is 1.28. The summed E-state index contributed by atoms with van der Waals surface area (Å²) in [7, 11) is 0. The summed E-state index contributed by atoms with van der Waals surface area (Å²) in [6.07, 6.45) is 2.50. The Balaban J connectivity index is 2.24. The maximum Gasteiger partial charge on any atom is 0.0123 e. The molecule has 0 saturated carbocycles. The Morgan fingerprint density at radius 2 is 2.00 bits per heavy atom. The second-order valence-corrected chi connectivity index (χ2v) is 8.17. The molecule has 1 rings (SSSR count). The second kappa shape index (κ2) is 6.44. The summed E-state index contributed by atoms with van der Waals surface area (Å²) in [5.41, 5.74) is 0.292. The Labute approximate surface area is 112 Å². The lowest BCUT2D eigenvalue weighted by Gasteiger charge is -2.27. The predicted octanol–water partition coefficient (Wildman–Crippen LogP) is 2.98. The van der Waals surface area contributed by atoms with E-state index in [1.54, 1.807) is 0 Å². The van der Waals surface area contributed by atoms with Gasteiger partial charge in [-0.2, -0.15) is 11.8 Å². The van der Waals surface area contributed by atoms with Crippen LogP contribution in [0.2, 0.25) is 0 Å². The van der Waals surface area contributed by atoms with Crippen molar-refractivity contribution in [2.75, 3.05) is 31.9 Å². The molecule has 0 aromatic heterocycles. The Hall–Kier alpha value is 0.270. The van der Waals surface area contributed by atoms with Gasteiger partial charge in [-0.1, -0.05) is 20.8 Å². The molecule has 0 radical (unpaired) electrons. The molecule has 1 heterocycles. The molecular formula is C14H30N2S. The molecule has 17 heavy (non-hydrogen) atoms. The van der Waals surface area contributed by atoms with E-state index < -0.39 is 0 Å². The fourth-order valence-corrected chi connectivity index (χ4v) is 3.10. The van der Waals surface area contributed by atoms with E-state index in [9.17, 15) is 0 Å². The van der Waals surface area contributed by atoms with Gasteiger partial charge in [0, 0.05) is 35.7 Å². The van der Waals surface area contributed by atoms with E-state index in [-0.39, 0.29) is 0 Å². The van der Waals surface area contributed by atoms with Crippen molar-refractivity contribution in [2.24, 2.45) is 0 Å². The zero-order valence-corrected chi connectivity index (χ0v) is 13.1. The first kappa shape index (κ1) is 15.3. The van der Waals surface area contributed by atoms with Crippen LogP contribution in [-0.4, -0.2) is 47.1 Å². The van der Waals surface area contributed by atoms with Gasteiger partial charge in [-0.15, -0.1) is 0 Å². The lowest BCUT2D eigenvalue weighted by molar-refractivity contribution is 0.264. The second-order valence-electron chi connectivity index (χ2n) is 6.36. The van der Waals surface area contributed by atoms with Crippen LogP contribution in [0.3, 0.4) is 0 Å². The molecule has 0 aromatic carbocycles. The molecule has 1 N–H and O–H groups in total. The van der Waals surface area contributed by atoms with Crippen LogP contribution in [0.25, 0.3) is 0 Å². The topological polar surface area (TPSA) is 15.3 Å². The first-order valence-electron chi connectivity index (χ1n) is 6.96. The van der Waals surface area contributed by atoms with Gasteiger partial charge in [0.1, 0.15) is 0 Å². The van der Waals surface area contributed by atoms with Crippen molar-refractivity contribution in [2.45, 2.75) is 57.7 Å². The molecule has 0 unspecified atom stereocenters. The minimum Gasteiger partial charge on any atom is -0.311 e. The minimum atomic E-state index is 0.292. The number of hydrogen-bond acceptors (Lipinski definition) is 3. The highest BCUT2D eigenvalue weighted by atomic mass is 32.2. The third-order valence-electron chi connectivity index (χ3n) is 3.85. The fourth-order valence-electron chi connectivity index (χ4n) is 1.96. The largest absolute Gasteiger partial charge is 0.311 e. The molecule has 0 bridgehead atoms. The lowest BCUT2D eigenvalue weighted by Crippen LogP contribution is -2.43. The molecule has 1 aliphatic heterocycles. The van der Waals surface area contributed by atoms with Crippen molar-refractivity contribution in [3.05, 3.63) is 0 Å². The summed E-state index contributed by atoms with van der Waals surface area (Å²) < 4.78 is 0.477. The van der Waals surface area contributed by atoms with E-state index in [1.807, 2.05) is 0 Å². The third kappa shape index (κ3) is 6.12. The maximum absolute atomic E-state index is 3.65. The Morgan fingerprint density at radius 1 is 1.29 bits per heavy atom. The van der Waals surface area contributed by atoms with Crippen molar-refractivity contribution < 1.29 is 0 Å². The summed E-state index contributed by atoms with van der Waals surface area (Å²) in [4.78, 5) is 2.61. The Kier molecular flexibility index (Phi) is 5.81. The molecule has 1 saturated heterocycles. The molecule has 0 aromatic rings. The molecule has 1 aliphatic rings. The van der Waals surface area contributed by atoms with E-state index in [1.165, 1.54) is 38.2 Å². The van der Waals surface area contributed by atoms with Gasteiger partial charge in [-0.25, -0.2) is 0 Å². The molecule has 0 spiro atoms. The summed E-state index contributed by atoms with van der Waals surface area (Å²) >= 11 is 2.13. The maximum atomic E-state index is 3.65. The van der Waals surface area contributed by atoms with Crippen LogP contribution in [-0.2, 0) is 0 Å². The van der Waals surface area contributed by atoms with Crippen LogP contribution in [0.1, 0.15) is 47.5 Å². The zero-order valence-electron chi connectivity index (χ0n) is 12.3. The van der Waals surface area contributed by atoms with Crippen LogP contribution in [0, 0.1) is 0 Å². The first-order valence-corrected chi connectivity index (χ1v) is 7.94. The van der Waals surface area contributed by atoms with E-state index in [2.05, 4.69) is 56.6 Å². The SMILES string of the molecule is CCC(C)(C)NCCN1CCSC(C)(C)CC1. The quantitative estimate of drug-likeness (QED) is 0.816. The average Bonchev–Trinajstić information content (AvgIpc) is 2.40. The van der Waals surface area contributed by atoms with Gasteiger partial charge in [0.15, 0.2) is 0 Å². The molecule has 1 fully saturated rings. The van der Waals surface area contributed by atoms with Gasteiger partial charge in [0.2, 0.25) is 0 Å². The van der Waals surface area contributed by atoms with Crippen molar-refractivity contribution in [1.29, 1.82) is 0 Å². The molecule has 2 nitrogen and oxygen atoms in total. The highest BCUT2D eigenvalue weighted by Crippen LogP contribution is 2.30. The number of hydrogen-bond donors (Lipinski definition) is 1. The van der Waals surface area contributed by atoms with Crippen molar-refractivity contribution in [3.8, 4) is 0 Å². The predicted molar refractivity (Wildman–Crippen MR) is 80.0 cm³/mol. The van der Waals surface area contributed by atoms with E-state index in [0.29, 0.717) is 10.3 Å². The van der Waals surface area contributed by atoms with E-state index in [4.69, 9.17) is 0 Å². The van der Waals surface area contributed by atoms with Crippen LogP contribution < -0.4 is 5.32 Å². The van der Waals surface area contributed by atoms with Gasteiger partial charge >= 0.3 is 0 Å². The van der Waals surface area contributed by atoms with Crippen molar-refractivity contribution in [3.63, 3.8) is 0 Å². The smallest absolute Gasteiger partial charge is 0.0123 e. The van der Waals surface area contributed by atoms with Crippen LogP contribution >= 0.6 is 11.8 Å². The standard InChI is InChI=1S/C14H30N2S/c1-6-13(2,3)15-8-10-16-9-7-14(4,5)17-12-11-16/h15H,6-12H2,1-5H3. The van der Waals surface area contributed by atoms with Crippen molar-refractivity contribution >= 4 is 11.8 Å². The average molecular weight is 258 g/mol. The van der Waals surface area contributed by atoms with Crippen LogP contribution in [0.4, 0.5) is 0 Å². The monoisotopic (exact) mass is 258 g/mol.